The summed E-state index contributed by atoms with van der Waals surface area (Å²) in [6.45, 7) is 2.47. The van der Waals surface area contributed by atoms with Crippen LogP contribution in [0.5, 0.6) is 11.6 Å². The number of nitrogens with zero attached hydrogens (tertiary/aromatic N) is 2. The molecule has 0 bridgehead atoms. The van der Waals surface area contributed by atoms with Crippen molar-refractivity contribution in [2.75, 3.05) is 25.6 Å². The number of hydrogen-bond donors (Lipinski definition) is 2. The highest BCUT2D eigenvalue weighted by molar-refractivity contribution is 5.62. The van der Waals surface area contributed by atoms with E-state index in [-0.39, 0.29) is 5.75 Å². The van der Waals surface area contributed by atoms with E-state index >= 15 is 0 Å². The molecule has 3 aromatic rings. The van der Waals surface area contributed by atoms with Crippen LogP contribution in [0.2, 0.25) is 0 Å². The number of fused-ring (bicyclic) bond motifs is 1. The molecule has 5 nitrogen and oxygen atoms in total. The predicted octanol–water partition coefficient (Wildman–Crippen LogP) is 4.14. The molecule has 0 spiro atoms. The Morgan fingerprint density at radius 1 is 1.10 bits per heavy atom. The van der Waals surface area contributed by atoms with Gasteiger partial charge in [0.25, 0.3) is 0 Å². The lowest BCUT2D eigenvalue weighted by molar-refractivity contribution is 0.398. The SMILES string of the molecule is COc1cccc(-c2ccc(O)c(CNCc3ccc4c(c3)CCCN4C)c2)n1. The molecule has 0 aliphatic carbocycles. The molecule has 1 aliphatic rings. The number of phenols is 1. The van der Waals surface area contributed by atoms with Gasteiger partial charge in [0, 0.05) is 49.6 Å². The van der Waals surface area contributed by atoms with E-state index in [4.69, 9.17) is 4.74 Å². The molecule has 2 aromatic carbocycles. The number of aromatic nitrogens is 1. The molecule has 4 rings (SSSR count). The zero-order valence-electron chi connectivity index (χ0n) is 17.0. The highest BCUT2D eigenvalue weighted by Crippen LogP contribution is 2.28. The maximum atomic E-state index is 10.3. The molecule has 0 atom stereocenters. The maximum Gasteiger partial charge on any atom is 0.213 e. The van der Waals surface area contributed by atoms with Gasteiger partial charge < -0.3 is 20.1 Å². The van der Waals surface area contributed by atoms with E-state index in [0.29, 0.717) is 12.4 Å². The van der Waals surface area contributed by atoms with Crippen LogP contribution in [0.15, 0.2) is 54.6 Å². The first-order chi connectivity index (χ1) is 14.1. The van der Waals surface area contributed by atoms with E-state index in [9.17, 15) is 5.11 Å². The minimum Gasteiger partial charge on any atom is -0.508 e. The molecular formula is C24H27N3O2. The first-order valence-electron chi connectivity index (χ1n) is 10.0. The molecule has 0 saturated carbocycles. The largest absolute Gasteiger partial charge is 0.508 e. The van der Waals surface area contributed by atoms with Crippen LogP contribution in [0.25, 0.3) is 11.3 Å². The first-order valence-corrected chi connectivity index (χ1v) is 10.0. The van der Waals surface area contributed by atoms with Gasteiger partial charge in [0.1, 0.15) is 5.75 Å². The Labute approximate surface area is 172 Å². The number of nitrogens with one attached hydrogen (secondary N) is 1. The van der Waals surface area contributed by atoms with Crippen molar-refractivity contribution >= 4 is 5.69 Å². The van der Waals surface area contributed by atoms with Crippen molar-refractivity contribution in [3.63, 3.8) is 0 Å². The monoisotopic (exact) mass is 389 g/mol. The number of hydrogen-bond acceptors (Lipinski definition) is 5. The van der Waals surface area contributed by atoms with Gasteiger partial charge in [0.05, 0.1) is 12.8 Å². The summed E-state index contributed by atoms with van der Waals surface area (Å²) in [5.41, 5.74) is 6.66. The number of rotatable bonds is 6. The summed E-state index contributed by atoms with van der Waals surface area (Å²) in [5.74, 6) is 0.865. The molecule has 0 unspecified atom stereocenters. The normalized spacial score (nSPS) is 13.2. The van der Waals surface area contributed by atoms with E-state index < -0.39 is 0 Å². The molecule has 5 heteroatoms. The zero-order chi connectivity index (χ0) is 20.2. The molecule has 0 amide bonds. The number of pyridine rings is 1. The lowest BCUT2D eigenvalue weighted by Gasteiger charge is -2.27. The molecule has 0 radical (unpaired) electrons. The Bertz CT molecular complexity index is 1000. The maximum absolute atomic E-state index is 10.3. The van der Waals surface area contributed by atoms with Crippen LogP contribution in [0.1, 0.15) is 23.1 Å². The second-order valence-electron chi connectivity index (χ2n) is 7.50. The van der Waals surface area contributed by atoms with Gasteiger partial charge in [0.2, 0.25) is 5.88 Å². The molecule has 150 valence electrons. The fourth-order valence-corrected chi connectivity index (χ4v) is 3.87. The smallest absolute Gasteiger partial charge is 0.213 e. The van der Waals surface area contributed by atoms with Crippen molar-refractivity contribution in [3.8, 4) is 22.9 Å². The van der Waals surface area contributed by atoms with Crippen molar-refractivity contribution in [3.05, 3.63) is 71.3 Å². The highest BCUT2D eigenvalue weighted by atomic mass is 16.5. The predicted molar refractivity (Wildman–Crippen MR) is 116 cm³/mol. The van der Waals surface area contributed by atoms with Gasteiger partial charge in [-0.2, -0.15) is 0 Å². The summed E-state index contributed by atoms with van der Waals surface area (Å²) in [5, 5.41) is 13.7. The number of aryl methyl sites for hydroxylation is 1. The van der Waals surface area contributed by atoms with Crippen molar-refractivity contribution in [2.24, 2.45) is 0 Å². The van der Waals surface area contributed by atoms with Gasteiger partial charge in [-0.3, -0.25) is 0 Å². The quantitative estimate of drug-likeness (QED) is 0.664. The lowest BCUT2D eigenvalue weighted by Crippen LogP contribution is -2.24. The van der Waals surface area contributed by atoms with E-state index in [1.54, 1.807) is 13.2 Å². The standard InChI is InChI=1S/C24H27N3O2/c1-27-12-4-5-19-13-17(8-10-22(19)27)15-25-16-20-14-18(9-11-23(20)28)21-6-3-7-24(26-21)29-2/h3,6-11,13-14,25,28H,4-5,12,15-16H2,1-2H3. The topological polar surface area (TPSA) is 57.6 Å². The fourth-order valence-electron chi connectivity index (χ4n) is 3.87. The molecule has 2 heterocycles. The number of benzene rings is 2. The Morgan fingerprint density at radius 2 is 2.00 bits per heavy atom. The molecule has 0 saturated heterocycles. The van der Waals surface area contributed by atoms with Gasteiger partial charge in [0.15, 0.2) is 0 Å². The number of anilines is 1. The second kappa shape index (κ2) is 8.53. The molecule has 2 N–H and O–H groups in total. The van der Waals surface area contributed by atoms with Gasteiger partial charge in [-0.15, -0.1) is 0 Å². The molecule has 1 aromatic heterocycles. The molecule has 0 fully saturated rings. The molecule has 1 aliphatic heterocycles. The van der Waals surface area contributed by atoms with E-state index in [1.807, 2.05) is 30.3 Å². The van der Waals surface area contributed by atoms with Crippen LogP contribution in [0.4, 0.5) is 5.69 Å². The number of phenolic OH excluding ortho intramolecular Hbond substituents is 1. The Hall–Kier alpha value is -3.05. The van der Waals surface area contributed by atoms with Gasteiger partial charge in [-0.1, -0.05) is 18.2 Å². The van der Waals surface area contributed by atoms with Gasteiger partial charge in [-0.05, 0) is 54.3 Å². The van der Waals surface area contributed by atoms with Gasteiger partial charge in [-0.25, -0.2) is 4.98 Å². The third-order valence-corrected chi connectivity index (χ3v) is 5.45. The second-order valence-corrected chi connectivity index (χ2v) is 7.50. The summed E-state index contributed by atoms with van der Waals surface area (Å²) in [7, 11) is 3.76. The average molecular weight is 389 g/mol. The number of ether oxygens (including phenoxy) is 1. The summed E-state index contributed by atoms with van der Waals surface area (Å²) in [6.07, 6.45) is 2.35. The lowest BCUT2D eigenvalue weighted by atomic mass is 9.99. The van der Waals surface area contributed by atoms with Crippen molar-refractivity contribution in [1.82, 2.24) is 10.3 Å². The van der Waals surface area contributed by atoms with Crippen LogP contribution in [-0.2, 0) is 19.5 Å². The highest BCUT2D eigenvalue weighted by Gasteiger charge is 2.13. The fraction of sp³-hybridized carbons (Fsp3) is 0.292. The summed E-state index contributed by atoms with van der Waals surface area (Å²) in [6, 6.07) is 18.0. The van der Waals surface area contributed by atoms with Crippen LogP contribution >= 0.6 is 0 Å². The third-order valence-electron chi connectivity index (χ3n) is 5.45. The average Bonchev–Trinajstić information content (AvgIpc) is 2.75. The van der Waals surface area contributed by atoms with E-state index in [0.717, 1.165) is 36.3 Å². The molecular weight excluding hydrogens is 362 g/mol. The van der Waals surface area contributed by atoms with Crippen LogP contribution in [-0.4, -0.2) is 30.8 Å². The van der Waals surface area contributed by atoms with Gasteiger partial charge >= 0.3 is 0 Å². The zero-order valence-corrected chi connectivity index (χ0v) is 17.0. The molecule has 29 heavy (non-hydrogen) atoms. The minimum atomic E-state index is 0.288. The Morgan fingerprint density at radius 3 is 2.86 bits per heavy atom. The number of aromatic hydroxyl groups is 1. The van der Waals surface area contributed by atoms with E-state index in [1.165, 1.54) is 23.2 Å². The third kappa shape index (κ3) is 4.35. The van der Waals surface area contributed by atoms with Crippen molar-refractivity contribution in [1.29, 1.82) is 0 Å². The van der Waals surface area contributed by atoms with E-state index in [2.05, 4.69) is 40.4 Å². The Kier molecular flexibility index (Phi) is 5.67. The van der Waals surface area contributed by atoms with Crippen LogP contribution in [0.3, 0.4) is 0 Å². The number of methoxy groups -OCH3 is 1. The first kappa shape index (κ1) is 19.3. The van der Waals surface area contributed by atoms with Crippen LogP contribution < -0.4 is 15.0 Å². The summed E-state index contributed by atoms with van der Waals surface area (Å²) < 4.78 is 5.21. The van der Waals surface area contributed by atoms with Crippen LogP contribution in [0, 0.1) is 0 Å². The van der Waals surface area contributed by atoms with Crippen molar-refractivity contribution in [2.45, 2.75) is 25.9 Å². The Balaban J connectivity index is 1.44. The summed E-state index contributed by atoms with van der Waals surface area (Å²) >= 11 is 0. The van der Waals surface area contributed by atoms with Crippen molar-refractivity contribution < 1.29 is 9.84 Å². The minimum absolute atomic E-state index is 0.288. The summed E-state index contributed by atoms with van der Waals surface area (Å²) in [4.78, 5) is 6.80.